The lowest BCUT2D eigenvalue weighted by molar-refractivity contribution is -0.206. The predicted octanol–water partition coefficient (Wildman–Crippen LogP) is 3.50. The molecule has 6 atom stereocenters. The zero-order valence-electron chi connectivity index (χ0n) is 21.2. The summed E-state index contributed by atoms with van der Waals surface area (Å²) in [6.07, 6.45) is 3.40. The largest absolute Gasteiger partial charge is 0.479 e. The van der Waals surface area contributed by atoms with Crippen molar-refractivity contribution in [3.63, 3.8) is 0 Å². The molecule has 0 aromatic heterocycles. The minimum atomic E-state index is -2.66. The number of carbonyl (C=O) groups excluding carboxylic acids is 2. The summed E-state index contributed by atoms with van der Waals surface area (Å²) in [5.41, 5.74) is 1.74. The second kappa shape index (κ2) is 8.71. The first-order valence-corrected chi connectivity index (χ1v) is 13.4. The number of esters is 2. The normalized spacial score (nSPS) is 42.8. The van der Waals surface area contributed by atoms with E-state index in [0.717, 1.165) is 38.5 Å². The molecule has 3 N–H and O–H groups in total. The summed E-state index contributed by atoms with van der Waals surface area (Å²) in [6, 6.07) is 5.52. The number of hydrogen-bond donors (Lipinski definition) is 2. The lowest BCUT2D eigenvalue weighted by atomic mass is 9.49. The fourth-order valence-electron chi connectivity index (χ4n) is 8.49. The smallest absolute Gasteiger partial charge is 0.342 e. The van der Waals surface area contributed by atoms with Gasteiger partial charge in [-0.3, -0.25) is 4.79 Å². The summed E-state index contributed by atoms with van der Waals surface area (Å²) in [7, 11) is 0. The van der Waals surface area contributed by atoms with Crippen molar-refractivity contribution in [2.24, 2.45) is 40.7 Å². The van der Waals surface area contributed by atoms with Crippen LogP contribution in [0.4, 0.5) is 8.78 Å². The van der Waals surface area contributed by atoms with Crippen molar-refractivity contribution in [2.45, 2.75) is 82.1 Å². The molecule has 1 unspecified atom stereocenters. The Morgan fingerprint density at radius 3 is 2.11 bits per heavy atom. The average Bonchev–Trinajstić information content (AvgIpc) is 3.33. The highest BCUT2D eigenvalue weighted by molar-refractivity contribution is 5.91. The maximum atomic E-state index is 15.3. The van der Waals surface area contributed by atoms with E-state index in [4.69, 9.17) is 19.9 Å². The van der Waals surface area contributed by atoms with Crippen molar-refractivity contribution in [1.82, 2.24) is 0 Å². The number of carboxylic acids is 1. The maximum absolute atomic E-state index is 15.3. The summed E-state index contributed by atoms with van der Waals surface area (Å²) in [5, 5.41) is 9.48. The van der Waals surface area contributed by atoms with Crippen LogP contribution in [0.3, 0.4) is 0 Å². The summed E-state index contributed by atoms with van der Waals surface area (Å²) < 4.78 is 45.4. The van der Waals surface area contributed by atoms with Gasteiger partial charge >= 0.3 is 17.9 Å². The number of aliphatic carboxylic acids is 1. The lowest BCUT2D eigenvalue weighted by Gasteiger charge is -2.55. The third-order valence-corrected chi connectivity index (χ3v) is 9.86. The van der Waals surface area contributed by atoms with E-state index in [1.165, 1.54) is 31.2 Å². The van der Waals surface area contributed by atoms with Crippen LogP contribution >= 0.6 is 0 Å². The molecule has 6 aliphatic rings. The zero-order valence-corrected chi connectivity index (χ0v) is 21.2. The van der Waals surface area contributed by atoms with E-state index in [-0.39, 0.29) is 19.0 Å². The number of benzene rings is 1. The Bertz CT molecular complexity index is 1120. The molecule has 38 heavy (non-hydrogen) atoms. The Labute approximate surface area is 219 Å². The molecular weight excluding hydrogens is 500 g/mol. The minimum Gasteiger partial charge on any atom is -0.479 e. The zero-order chi connectivity index (χ0) is 27.0. The van der Waals surface area contributed by atoms with Gasteiger partial charge in [-0.2, -0.15) is 0 Å². The molecule has 206 valence electrons. The van der Waals surface area contributed by atoms with Gasteiger partial charge in [0.2, 0.25) is 12.0 Å². The molecule has 0 aliphatic heterocycles. The third-order valence-electron chi connectivity index (χ3n) is 9.86. The molecule has 0 radical (unpaired) electrons. The summed E-state index contributed by atoms with van der Waals surface area (Å²) in [6.45, 7) is 1.37. The fraction of sp³-hybridized carbons (Fsp3) is 0.679. The number of fused-ring (bicyclic) bond motifs is 1. The number of carbonyl (C=O) groups is 3. The van der Waals surface area contributed by atoms with Crippen LogP contribution in [-0.4, -0.2) is 46.6 Å². The molecule has 6 aliphatic carbocycles. The van der Waals surface area contributed by atoms with Gasteiger partial charge in [-0.25, -0.2) is 18.4 Å². The highest BCUT2D eigenvalue weighted by Crippen LogP contribution is 2.67. The van der Waals surface area contributed by atoms with E-state index in [2.05, 4.69) is 0 Å². The number of hydrogen-bond acceptors (Lipinski definition) is 7. The topological polar surface area (TPSA) is 125 Å². The number of ether oxygens (including phenoxy) is 3. The number of rotatable bonds is 8. The standard InChI is InChI=1S/C28H33F2NO7/c1-14(37-24(34)26-10-16-6-17(11-26)8-18(7-16)12-26)38-25(35)28(31)21(9-20-22(28)27(20,30)23(32)33)36-13-15-2-4-19(29)5-3-15/h2-5,14,16-18,20-22H,6-13,31H2,1H3,(H,32,33)/t14-,16?,17?,18?,20+,21+,22-,26?,27+,28?/m0/s1. The molecule has 0 saturated heterocycles. The number of halogens is 2. The van der Waals surface area contributed by atoms with Crippen molar-refractivity contribution >= 4 is 17.9 Å². The van der Waals surface area contributed by atoms with Crippen molar-refractivity contribution in [3.8, 4) is 0 Å². The van der Waals surface area contributed by atoms with Crippen molar-refractivity contribution in [3.05, 3.63) is 35.6 Å². The molecule has 1 aromatic carbocycles. The molecule has 1 aromatic rings. The summed E-state index contributed by atoms with van der Waals surface area (Å²) in [5.74, 6) is -4.34. The van der Waals surface area contributed by atoms with Crippen molar-refractivity contribution < 1.29 is 42.5 Å². The van der Waals surface area contributed by atoms with Crippen LogP contribution in [0.25, 0.3) is 0 Å². The quantitative estimate of drug-likeness (QED) is 0.384. The molecule has 7 rings (SSSR count). The van der Waals surface area contributed by atoms with E-state index in [1.54, 1.807) is 0 Å². The molecular formula is C28H33F2NO7. The van der Waals surface area contributed by atoms with Gasteiger partial charge < -0.3 is 25.1 Å². The lowest BCUT2D eigenvalue weighted by Crippen LogP contribution is -2.61. The maximum Gasteiger partial charge on any atom is 0.342 e. The number of alkyl halides is 1. The van der Waals surface area contributed by atoms with Crippen LogP contribution in [-0.2, 0) is 35.2 Å². The molecule has 10 heteroatoms. The highest BCUT2D eigenvalue weighted by Gasteiger charge is 2.85. The first-order valence-electron chi connectivity index (χ1n) is 13.4. The summed E-state index contributed by atoms with van der Waals surface area (Å²) in [4.78, 5) is 38.3. The first kappa shape index (κ1) is 25.7. The van der Waals surface area contributed by atoms with Gasteiger partial charge in [-0.05, 0) is 80.4 Å². The second-order valence-electron chi connectivity index (χ2n) is 12.3. The molecule has 6 saturated carbocycles. The van der Waals surface area contributed by atoms with Gasteiger partial charge in [0.05, 0.1) is 18.1 Å². The van der Waals surface area contributed by atoms with E-state index < -0.39 is 58.6 Å². The van der Waals surface area contributed by atoms with E-state index in [1.807, 2.05) is 0 Å². The molecule has 0 amide bonds. The number of nitrogens with two attached hydrogens (primary N) is 1. The molecule has 0 heterocycles. The van der Waals surface area contributed by atoms with Gasteiger partial charge in [0, 0.05) is 18.8 Å². The van der Waals surface area contributed by atoms with Crippen LogP contribution < -0.4 is 5.73 Å². The van der Waals surface area contributed by atoms with Crippen LogP contribution in [0, 0.1) is 40.8 Å². The molecule has 8 nitrogen and oxygen atoms in total. The minimum absolute atomic E-state index is 0.0421. The van der Waals surface area contributed by atoms with Crippen molar-refractivity contribution in [1.29, 1.82) is 0 Å². The Kier molecular flexibility index (Phi) is 5.88. The second-order valence-corrected chi connectivity index (χ2v) is 12.3. The predicted molar refractivity (Wildman–Crippen MR) is 127 cm³/mol. The average molecular weight is 534 g/mol. The molecule has 4 bridgehead atoms. The van der Waals surface area contributed by atoms with Crippen LogP contribution in [0.2, 0.25) is 0 Å². The third kappa shape index (κ3) is 3.86. The van der Waals surface area contributed by atoms with Crippen LogP contribution in [0.1, 0.15) is 57.4 Å². The van der Waals surface area contributed by atoms with E-state index in [9.17, 15) is 23.9 Å². The van der Waals surface area contributed by atoms with Crippen molar-refractivity contribution in [2.75, 3.05) is 0 Å². The van der Waals surface area contributed by atoms with Gasteiger partial charge in [-0.1, -0.05) is 12.1 Å². The summed E-state index contributed by atoms with van der Waals surface area (Å²) >= 11 is 0. The van der Waals surface area contributed by atoms with Gasteiger partial charge in [0.15, 0.2) is 0 Å². The van der Waals surface area contributed by atoms with Gasteiger partial charge in [0.25, 0.3) is 0 Å². The Morgan fingerprint density at radius 1 is 1.00 bits per heavy atom. The molecule has 6 fully saturated rings. The Hall–Kier alpha value is -2.59. The Balaban J connectivity index is 1.15. The highest BCUT2D eigenvalue weighted by atomic mass is 19.1. The van der Waals surface area contributed by atoms with E-state index in [0.29, 0.717) is 23.3 Å². The number of carboxylic acid groups (broad SMARTS) is 1. The monoisotopic (exact) mass is 533 g/mol. The first-order chi connectivity index (χ1) is 18.0. The SMILES string of the molecule is C[C@@H](OC(=O)C12CC3CC(CC(C3)C1)C2)OC(=O)C1(N)[C@H]2[C@@H](C[C@H]1OCc1ccc(F)cc1)[C@]2(F)C(=O)O. The fourth-order valence-corrected chi connectivity index (χ4v) is 8.49. The van der Waals surface area contributed by atoms with Crippen LogP contribution in [0.15, 0.2) is 24.3 Å². The molecule has 0 spiro atoms. The van der Waals surface area contributed by atoms with Gasteiger partial charge in [0.1, 0.15) is 11.4 Å². The van der Waals surface area contributed by atoms with Crippen LogP contribution in [0.5, 0.6) is 0 Å². The van der Waals surface area contributed by atoms with Gasteiger partial charge in [-0.15, -0.1) is 0 Å². The Morgan fingerprint density at radius 2 is 1.55 bits per heavy atom. The van der Waals surface area contributed by atoms with E-state index >= 15 is 4.39 Å².